The molecule has 1 aromatic heterocycles. The molecule has 1 heterocycles. The molecule has 0 amide bonds. The van der Waals surface area contributed by atoms with Crippen LogP contribution >= 0.6 is 0 Å². The van der Waals surface area contributed by atoms with Crippen LogP contribution in [0.15, 0.2) is 12.4 Å². The van der Waals surface area contributed by atoms with Gasteiger partial charge in [-0.15, -0.1) is 6.20 Å². The van der Waals surface area contributed by atoms with Gasteiger partial charge in [-0.25, -0.2) is 5.10 Å². The van der Waals surface area contributed by atoms with Crippen LogP contribution in [-0.4, -0.2) is 35.3 Å². The van der Waals surface area contributed by atoms with Crippen LogP contribution in [0.5, 0.6) is 0 Å². The Morgan fingerprint density at radius 3 is 2.75 bits per heavy atom. The van der Waals surface area contributed by atoms with Crippen molar-refractivity contribution >= 4 is 0 Å². The molecule has 0 saturated carbocycles. The van der Waals surface area contributed by atoms with Gasteiger partial charge in [0.15, 0.2) is 0 Å². The normalized spacial score (nSPS) is 9.92. The summed E-state index contributed by atoms with van der Waals surface area (Å²) >= 11 is 0. The van der Waals surface area contributed by atoms with Crippen LogP contribution in [0, 0.1) is 6.07 Å². The minimum absolute atomic E-state index is 0. The molecule has 0 N–H and O–H groups in total. The van der Waals surface area contributed by atoms with Crippen molar-refractivity contribution in [3.8, 4) is 0 Å². The Bertz CT molecular complexity index is 184. The van der Waals surface area contributed by atoms with Gasteiger partial charge in [0.05, 0.1) is 0 Å². The molecule has 0 spiro atoms. The molecule has 12 heavy (non-hydrogen) atoms. The van der Waals surface area contributed by atoms with Gasteiger partial charge in [-0.1, -0.05) is 0 Å². The first-order valence-electron chi connectivity index (χ1n) is 3.82. The Morgan fingerprint density at radius 2 is 2.25 bits per heavy atom. The summed E-state index contributed by atoms with van der Waals surface area (Å²) in [5, 5.41) is 4.06. The molecule has 1 rings (SSSR count). The Morgan fingerprint density at radius 1 is 1.50 bits per heavy atom. The predicted molar refractivity (Wildman–Crippen MR) is 44.2 cm³/mol. The van der Waals surface area contributed by atoms with Crippen molar-refractivity contribution in [1.29, 1.82) is 0 Å². The molecule has 0 unspecified atom stereocenters. The molecule has 0 radical (unpaired) electrons. The third-order valence-corrected chi connectivity index (χ3v) is 1.50. The first-order valence-corrected chi connectivity index (χ1v) is 3.82. The van der Waals surface area contributed by atoms with E-state index >= 15 is 0 Å². The fourth-order valence-corrected chi connectivity index (χ4v) is 0.931. The molecule has 62 valence electrons. The third kappa shape index (κ3) is 4.61. The van der Waals surface area contributed by atoms with Crippen LogP contribution in [0.2, 0.25) is 0 Å². The Labute approximate surface area is 85.9 Å². The van der Waals surface area contributed by atoms with Crippen LogP contribution in [0.25, 0.3) is 0 Å². The maximum absolute atomic E-state index is 4.06. The van der Waals surface area contributed by atoms with Gasteiger partial charge in [-0.05, 0) is 27.1 Å². The summed E-state index contributed by atoms with van der Waals surface area (Å²) in [4.78, 5) is 2.17. The molecule has 0 aliphatic carbocycles. The second-order valence-corrected chi connectivity index (χ2v) is 2.86. The largest absolute Gasteiger partial charge is 1.00 e. The molecule has 0 bridgehead atoms. The maximum Gasteiger partial charge on any atom is 1.00 e. The van der Waals surface area contributed by atoms with Gasteiger partial charge >= 0.3 is 18.9 Å². The molecule has 0 aliphatic heterocycles. The van der Waals surface area contributed by atoms with Gasteiger partial charge in [-0.3, -0.25) is 0 Å². The van der Waals surface area contributed by atoms with E-state index in [4.69, 9.17) is 0 Å². The van der Waals surface area contributed by atoms with E-state index in [1.165, 1.54) is 0 Å². The monoisotopic (exact) mass is 159 g/mol. The van der Waals surface area contributed by atoms with Gasteiger partial charge in [-0.2, -0.15) is 6.20 Å². The Hall–Kier alpha value is -0.233. The van der Waals surface area contributed by atoms with Gasteiger partial charge in [0.25, 0.3) is 0 Å². The van der Waals surface area contributed by atoms with Crippen molar-refractivity contribution in [2.45, 2.75) is 13.0 Å². The van der Waals surface area contributed by atoms with Crippen molar-refractivity contribution in [3.05, 3.63) is 18.5 Å². The summed E-state index contributed by atoms with van der Waals surface area (Å²) in [5.41, 5.74) is 0. The zero-order valence-electron chi connectivity index (χ0n) is 8.12. The summed E-state index contributed by atoms with van der Waals surface area (Å²) in [6.07, 6.45) is 4.70. The van der Waals surface area contributed by atoms with Crippen LogP contribution in [0.3, 0.4) is 0 Å². The molecule has 0 fully saturated rings. The first-order chi connectivity index (χ1) is 5.29. The fourth-order valence-electron chi connectivity index (χ4n) is 0.931. The summed E-state index contributed by atoms with van der Waals surface area (Å²) in [7, 11) is 4.16. The Kier molecular flexibility index (Phi) is 6.18. The van der Waals surface area contributed by atoms with E-state index in [1.807, 2.05) is 10.9 Å². The predicted octanol–water partition coefficient (Wildman–Crippen LogP) is -2.36. The number of nitrogens with zero attached hydrogens (tertiary/aromatic N) is 3. The minimum Gasteiger partial charge on any atom is -0.432 e. The Balaban J connectivity index is 0.00000121. The average Bonchev–Trinajstić information content (AvgIpc) is 2.39. The van der Waals surface area contributed by atoms with E-state index in [0.29, 0.717) is 0 Å². The number of hydrogen-bond donors (Lipinski definition) is 0. The van der Waals surface area contributed by atoms with Crippen molar-refractivity contribution < 1.29 is 18.9 Å². The summed E-state index contributed by atoms with van der Waals surface area (Å²) in [5.74, 6) is 0. The number of aromatic nitrogens is 2. The molecular weight excluding hydrogens is 145 g/mol. The average molecular weight is 159 g/mol. The van der Waals surface area contributed by atoms with Crippen LogP contribution in [-0.2, 0) is 6.54 Å². The fraction of sp³-hybridized carbons (Fsp3) is 0.625. The molecule has 0 atom stereocenters. The summed E-state index contributed by atoms with van der Waals surface area (Å²) < 4.78 is 1.91. The van der Waals surface area contributed by atoms with Crippen LogP contribution in [0.4, 0.5) is 0 Å². The molecule has 1 aromatic rings. The topological polar surface area (TPSA) is 21.1 Å². The zero-order valence-corrected chi connectivity index (χ0v) is 8.12. The zero-order chi connectivity index (χ0) is 8.10. The molecule has 0 aromatic carbocycles. The van der Waals surface area contributed by atoms with E-state index in [1.54, 1.807) is 6.20 Å². The van der Waals surface area contributed by atoms with E-state index in [0.717, 1.165) is 19.5 Å². The van der Waals surface area contributed by atoms with Crippen molar-refractivity contribution in [2.24, 2.45) is 0 Å². The van der Waals surface area contributed by atoms with Crippen molar-refractivity contribution in [1.82, 2.24) is 14.7 Å². The SMILES string of the molecule is CN(C)CCCn1c[c-]cn1.[Li+]. The first kappa shape index (κ1) is 11.8. The van der Waals surface area contributed by atoms with E-state index in [2.05, 4.69) is 30.2 Å². The molecular formula is C8H14LiN3. The van der Waals surface area contributed by atoms with E-state index in [-0.39, 0.29) is 18.9 Å². The second-order valence-electron chi connectivity index (χ2n) is 2.86. The molecule has 3 nitrogen and oxygen atoms in total. The third-order valence-electron chi connectivity index (χ3n) is 1.50. The van der Waals surface area contributed by atoms with Crippen LogP contribution < -0.4 is 18.9 Å². The summed E-state index contributed by atoms with van der Waals surface area (Å²) in [6.45, 7) is 2.10. The molecule has 4 heteroatoms. The van der Waals surface area contributed by atoms with Crippen molar-refractivity contribution in [2.75, 3.05) is 20.6 Å². The van der Waals surface area contributed by atoms with E-state index in [9.17, 15) is 0 Å². The minimum atomic E-state index is 0. The van der Waals surface area contributed by atoms with Crippen molar-refractivity contribution in [3.63, 3.8) is 0 Å². The maximum atomic E-state index is 4.06. The standard InChI is InChI=1S/C8H14N3.Li/c1-10(2)6-4-8-11-7-3-5-9-11;/h5,7H,4,6,8H2,1-2H3;/q-1;+1. The number of hydrogen-bond acceptors (Lipinski definition) is 2. The van der Waals surface area contributed by atoms with Gasteiger partial charge in [0.1, 0.15) is 0 Å². The van der Waals surface area contributed by atoms with Gasteiger partial charge in [0.2, 0.25) is 0 Å². The molecule has 0 aliphatic rings. The van der Waals surface area contributed by atoms with Gasteiger partial charge < -0.3 is 15.6 Å². The van der Waals surface area contributed by atoms with Crippen LogP contribution in [0.1, 0.15) is 6.42 Å². The molecule has 0 saturated heterocycles. The summed E-state index contributed by atoms with van der Waals surface area (Å²) in [6, 6.07) is 2.91. The van der Waals surface area contributed by atoms with E-state index < -0.39 is 0 Å². The smallest absolute Gasteiger partial charge is 0.432 e. The van der Waals surface area contributed by atoms with Gasteiger partial charge in [0, 0.05) is 6.54 Å². The number of aryl methyl sites for hydroxylation is 1. The second kappa shape index (κ2) is 6.30. The quantitative estimate of drug-likeness (QED) is 0.362. The number of rotatable bonds is 4.